The Morgan fingerprint density at radius 3 is 1.89 bits per heavy atom. The van der Waals surface area contributed by atoms with Crippen LogP contribution in [0.1, 0.15) is 19.4 Å². The van der Waals surface area contributed by atoms with E-state index in [4.69, 9.17) is 4.43 Å². The summed E-state index contributed by atoms with van der Waals surface area (Å²) in [4.78, 5) is 0. The van der Waals surface area contributed by atoms with E-state index in [1.54, 1.807) is 0 Å². The first-order chi connectivity index (χ1) is 8.92. The highest BCUT2D eigenvalue weighted by Crippen LogP contribution is 2.27. The van der Waals surface area contributed by atoms with Gasteiger partial charge in [0, 0.05) is 6.07 Å². The molecule has 0 saturated heterocycles. The van der Waals surface area contributed by atoms with E-state index in [1.807, 2.05) is 38.1 Å². The predicted octanol–water partition coefficient (Wildman–Crippen LogP) is 3.16. The fraction of sp³-hybridized carbons (Fsp3) is 0.200. The Balaban J connectivity index is 2.37. The zero-order chi connectivity index (χ0) is 14.0. The highest BCUT2D eigenvalue weighted by atomic mass is 28.2. The molecule has 19 heavy (non-hydrogen) atoms. The van der Waals surface area contributed by atoms with Gasteiger partial charge in [-0.2, -0.15) is 0 Å². The van der Waals surface area contributed by atoms with Crippen molar-refractivity contribution in [2.75, 3.05) is 0 Å². The van der Waals surface area contributed by atoms with Gasteiger partial charge in [0.25, 0.3) is 0 Å². The van der Waals surface area contributed by atoms with Crippen LogP contribution >= 0.6 is 0 Å². The van der Waals surface area contributed by atoms with Crippen molar-refractivity contribution >= 4 is 10.5 Å². The zero-order valence-electron chi connectivity index (χ0n) is 11.2. The molecule has 0 atom stereocenters. The van der Waals surface area contributed by atoms with Crippen molar-refractivity contribution in [3.63, 3.8) is 0 Å². The monoisotopic (exact) mass is 278 g/mol. The quantitative estimate of drug-likeness (QED) is 0.784. The van der Waals surface area contributed by atoms with E-state index in [0.717, 1.165) is 17.2 Å². The molecule has 0 fully saturated rings. The third-order valence-corrected chi connectivity index (χ3v) is 4.31. The van der Waals surface area contributed by atoms with Gasteiger partial charge in [0.15, 0.2) is 0 Å². The summed E-state index contributed by atoms with van der Waals surface area (Å²) in [6.45, 7) is 3.99. The van der Waals surface area contributed by atoms with Crippen molar-refractivity contribution in [3.05, 3.63) is 59.7 Å². The number of halogens is 2. The summed E-state index contributed by atoms with van der Waals surface area (Å²) in [7, 11) is 0.654. The zero-order valence-corrected chi connectivity index (χ0v) is 13.2. The number of benzene rings is 2. The highest BCUT2D eigenvalue weighted by molar-refractivity contribution is 5.98. The molecule has 0 aliphatic rings. The molecule has 0 spiro atoms. The van der Waals surface area contributed by atoms with Gasteiger partial charge < -0.3 is 4.43 Å². The lowest BCUT2D eigenvalue weighted by Gasteiger charge is -2.24. The van der Waals surface area contributed by atoms with Crippen LogP contribution < -0.4 is 0 Å². The van der Waals surface area contributed by atoms with Crippen LogP contribution in [0.3, 0.4) is 0 Å². The molecular weight excluding hydrogens is 262 g/mol. The molecule has 2 aromatic rings. The summed E-state index contributed by atoms with van der Waals surface area (Å²) in [5.74, 6) is -1.13. The summed E-state index contributed by atoms with van der Waals surface area (Å²) >= 11 is 0. The van der Waals surface area contributed by atoms with Gasteiger partial charge in [0.2, 0.25) is 0 Å². The molecule has 0 saturated carbocycles. The van der Waals surface area contributed by atoms with Gasteiger partial charge >= 0.3 is 0 Å². The Labute approximate surface area is 114 Å². The van der Waals surface area contributed by atoms with Crippen LogP contribution in [0, 0.1) is 11.6 Å². The average Bonchev–Trinajstić information content (AvgIpc) is 2.38. The molecule has 0 heterocycles. The summed E-state index contributed by atoms with van der Waals surface area (Å²) in [6, 6.07) is 11.1. The second-order valence-electron chi connectivity index (χ2n) is 4.95. The summed E-state index contributed by atoms with van der Waals surface area (Å²) < 4.78 is 31.9. The smallest absolute Gasteiger partial charge is 0.147 e. The Bertz CT molecular complexity index is 559. The van der Waals surface area contributed by atoms with E-state index in [0.29, 0.717) is 16.0 Å². The largest absolute Gasteiger partial charge is 0.419 e. The van der Waals surface area contributed by atoms with E-state index in [9.17, 15) is 8.78 Å². The minimum Gasteiger partial charge on any atom is -0.419 e. The van der Waals surface area contributed by atoms with E-state index in [1.165, 1.54) is 12.1 Å². The molecule has 4 heteroatoms. The molecule has 100 valence electrons. The fourth-order valence-corrected chi connectivity index (χ4v) is 2.14. The van der Waals surface area contributed by atoms with Crippen molar-refractivity contribution in [1.82, 2.24) is 0 Å². The molecule has 0 bridgehead atoms. The molecule has 0 radical (unpaired) electrons. The van der Waals surface area contributed by atoms with Crippen LogP contribution in [0.4, 0.5) is 8.78 Å². The van der Waals surface area contributed by atoms with Gasteiger partial charge in [0.1, 0.15) is 22.1 Å². The number of hydrogen-bond acceptors (Lipinski definition) is 1. The lowest BCUT2D eigenvalue weighted by Crippen LogP contribution is -2.19. The van der Waals surface area contributed by atoms with Crippen LogP contribution in [0.25, 0.3) is 11.1 Å². The minimum atomic E-state index is -0.567. The maximum Gasteiger partial charge on any atom is 0.147 e. The molecule has 0 aliphatic carbocycles. The van der Waals surface area contributed by atoms with Gasteiger partial charge in [-0.3, -0.25) is 0 Å². The summed E-state index contributed by atoms with van der Waals surface area (Å²) in [5, 5.41) is 0. The molecule has 2 aromatic carbocycles. The molecule has 0 aliphatic heterocycles. The standard InChI is InChI=1S/C15H16F2OSi/c1-15(2,18-19)12-5-3-10(4-6-12)11-7-13(16)9-14(17)8-11/h3-9H,1-2,19H3. The first-order valence-electron chi connectivity index (χ1n) is 6.04. The maximum absolute atomic E-state index is 13.2. The molecule has 1 nitrogen and oxygen atoms in total. The third-order valence-electron chi connectivity index (χ3n) is 3.29. The molecule has 2 rings (SSSR count). The van der Waals surface area contributed by atoms with Crippen molar-refractivity contribution in [2.24, 2.45) is 0 Å². The predicted molar refractivity (Wildman–Crippen MR) is 75.8 cm³/mol. The van der Waals surface area contributed by atoms with Crippen molar-refractivity contribution in [3.8, 4) is 11.1 Å². The summed E-state index contributed by atoms with van der Waals surface area (Å²) in [5.41, 5.74) is 2.04. The first kappa shape index (κ1) is 13.9. The maximum atomic E-state index is 13.2. The molecule has 0 unspecified atom stereocenters. The minimum absolute atomic E-state index is 0.321. The van der Waals surface area contributed by atoms with Crippen LogP contribution in [0.2, 0.25) is 0 Å². The molecule has 0 amide bonds. The van der Waals surface area contributed by atoms with Crippen LogP contribution in [-0.2, 0) is 10.0 Å². The van der Waals surface area contributed by atoms with Gasteiger partial charge in [-0.1, -0.05) is 24.3 Å². The van der Waals surface area contributed by atoms with Gasteiger partial charge in [-0.05, 0) is 42.7 Å². The van der Waals surface area contributed by atoms with Gasteiger partial charge in [0.05, 0.1) is 5.60 Å². The van der Waals surface area contributed by atoms with E-state index in [2.05, 4.69) is 0 Å². The Morgan fingerprint density at radius 1 is 0.895 bits per heavy atom. The SMILES string of the molecule is CC(C)(O[SiH3])c1ccc(-c2cc(F)cc(F)c2)cc1. The second kappa shape index (κ2) is 5.23. The second-order valence-corrected chi connectivity index (χ2v) is 5.36. The van der Waals surface area contributed by atoms with Crippen molar-refractivity contribution in [2.45, 2.75) is 19.4 Å². The van der Waals surface area contributed by atoms with Crippen LogP contribution in [0.5, 0.6) is 0 Å². The van der Waals surface area contributed by atoms with E-state index < -0.39 is 11.6 Å². The third kappa shape index (κ3) is 3.08. The lowest BCUT2D eigenvalue weighted by molar-refractivity contribution is 0.123. The fourth-order valence-electron chi connectivity index (χ4n) is 1.90. The van der Waals surface area contributed by atoms with Gasteiger partial charge in [-0.25, -0.2) is 8.78 Å². The average molecular weight is 278 g/mol. The number of rotatable bonds is 3. The van der Waals surface area contributed by atoms with Crippen LogP contribution in [-0.4, -0.2) is 10.5 Å². The first-order valence-corrected chi connectivity index (χ1v) is 6.86. The van der Waals surface area contributed by atoms with Crippen molar-refractivity contribution in [1.29, 1.82) is 0 Å². The van der Waals surface area contributed by atoms with Gasteiger partial charge in [-0.15, -0.1) is 0 Å². The Hall–Kier alpha value is -1.52. The molecular formula is C15H16F2OSi. The normalized spacial score (nSPS) is 11.8. The topological polar surface area (TPSA) is 9.23 Å². The molecule has 0 aromatic heterocycles. The number of hydrogen-bond donors (Lipinski definition) is 0. The Kier molecular flexibility index (Phi) is 3.82. The summed E-state index contributed by atoms with van der Waals surface area (Å²) in [6.07, 6.45) is 0. The highest BCUT2D eigenvalue weighted by Gasteiger charge is 2.18. The van der Waals surface area contributed by atoms with Crippen LogP contribution in [0.15, 0.2) is 42.5 Å². The molecule has 0 N–H and O–H groups in total. The van der Waals surface area contributed by atoms with Crippen molar-refractivity contribution < 1.29 is 13.2 Å². The van der Waals surface area contributed by atoms with E-state index >= 15 is 0 Å². The Morgan fingerprint density at radius 2 is 1.42 bits per heavy atom. The van der Waals surface area contributed by atoms with E-state index in [-0.39, 0.29) is 5.60 Å². The lowest BCUT2D eigenvalue weighted by atomic mass is 9.95.